The van der Waals surface area contributed by atoms with Crippen molar-refractivity contribution >= 4 is 22.6 Å². The molecule has 0 heterocycles. The van der Waals surface area contributed by atoms with E-state index >= 15 is 0 Å². The molecule has 0 aromatic carbocycles. The zero-order valence-electron chi connectivity index (χ0n) is 35.2. The van der Waals surface area contributed by atoms with Gasteiger partial charge < -0.3 is 18.3 Å². The Bertz CT molecular complexity index is 1350. The third kappa shape index (κ3) is 9.90. The van der Waals surface area contributed by atoms with Crippen LogP contribution in [-0.2, 0) is 23.1 Å². The second-order valence-electron chi connectivity index (χ2n) is 20.1. The Balaban J connectivity index is 1.73. The van der Waals surface area contributed by atoms with Crippen molar-refractivity contribution in [3.05, 3.63) is 47.1 Å². The molecule has 5 nitrogen and oxygen atoms in total. The second kappa shape index (κ2) is 15.8. The first kappa shape index (κ1) is 42.5. The normalized spacial score (nSPS) is 31.2. The third-order valence-corrected chi connectivity index (χ3v) is 23.0. The van der Waals surface area contributed by atoms with Crippen molar-refractivity contribution in [2.75, 3.05) is 6.61 Å². The van der Waals surface area contributed by atoms with Crippen LogP contribution in [0, 0.1) is 11.3 Å². The Hall–Kier alpha value is -1.26. The van der Waals surface area contributed by atoms with Crippen LogP contribution in [-0.4, -0.2) is 46.7 Å². The van der Waals surface area contributed by atoms with Crippen molar-refractivity contribution in [1.82, 2.24) is 0 Å². The molecule has 7 heteroatoms. The van der Waals surface area contributed by atoms with Gasteiger partial charge in [0.25, 0.3) is 0 Å². The lowest BCUT2D eigenvalue weighted by molar-refractivity contribution is -0.220. The molecule has 290 valence electrons. The Morgan fingerprint density at radius 3 is 2.10 bits per heavy atom. The fourth-order valence-corrected chi connectivity index (χ4v) is 11.4. The van der Waals surface area contributed by atoms with Crippen molar-refractivity contribution < 1.29 is 23.1 Å². The largest absolute Gasteiger partial charge is 0.458 e. The van der Waals surface area contributed by atoms with Gasteiger partial charge in [0.2, 0.25) is 0 Å². The molecular weight excluding hydrogens is 665 g/mol. The van der Waals surface area contributed by atoms with Crippen LogP contribution in [0.15, 0.2) is 47.1 Å². The number of hydrogen-bond acceptors (Lipinski definition) is 5. The summed E-state index contributed by atoms with van der Waals surface area (Å²) in [6.45, 7) is 34.3. The van der Waals surface area contributed by atoms with Crippen LogP contribution in [0.25, 0.3) is 0 Å². The van der Waals surface area contributed by atoms with Gasteiger partial charge in [-0.2, -0.15) is 0 Å². The van der Waals surface area contributed by atoms with E-state index in [9.17, 15) is 4.79 Å². The highest BCUT2D eigenvalue weighted by molar-refractivity contribution is 6.74. The molecule has 0 aliphatic heterocycles. The van der Waals surface area contributed by atoms with E-state index in [-0.39, 0.29) is 34.2 Å². The maximum Gasteiger partial charge on any atom is 0.332 e. The van der Waals surface area contributed by atoms with Crippen LogP contribution >= 0.6 is 0 Å². The monoisotopic (exact) mass is 741 g/mol. The van der Waals surface area contributed by atoms with Gasteiger partial charge in [-0.05, 0) is 123 Å². The van der Waals surface area contributed by atoms with E-state index in [1.165, 1.54) is 32.1 Å². The van der Waals surface area contributed by atoms with E-state index in [2.05, 4.69) is 107 Å². The second-order valence-corrected chi connectivity index (χ2v) is 29.6. The molecule has 0 bridgehead atoms. The van der Waals surface area contributed by atoms with Crippen LogP contribution in [0.3, 0.4) is 0 Å². The van der Waals surface area contributed by atoms with Crippen molar-refractivity contribution in [3.63, 3.8) is 0 Å². The smallest absolute Gasteiger partial charge is 0.332 e. The lowest BCUT2D eigenvalue weighted by Gasteiger charge is -2.51. The fourth-order valence-electron chi connectivity index (χ4n) is 8.65. The van der Waals surface area contributed by atoms with Gasteiger partial charge >= 0.3 is 5.97 Å². The number of carbonyl (C=O) groups is 1. The van der Waals surface area contributed by atoms with E-state index in [0.717, 1.165) is 56.1 Å². The topological polar surface area (TPSA) is 54.0 Å². The van der Waals surface area contributed by atoms with Crippen LogP contribution in [0.4, 0.5) is 0 Å². The highest BCUT2D eigenvalue weighted by Gasteiger charge is 2.52. The minimum atomic E-state index is -2.38. The highest BCUT2D eigenvalue weighted by Crippen LogP contribution is 2.56. The number of hydrogen-bond donors (Lipinski definition) is 0. The number of allylic oxidation sites excluding steroid dienone is 5. The Morgan fingerprint density at radius 2 is 1.51 bits per heavy atom. The van der Waals surface area contributed by atoms with Crippen molar-refractivity contribution in [2.45, 2.75) is 206 Å². The first-order valence-corrected chi connectivity index (χ1v) is 26.3. The first-order valence-electron chi connectivity index (χ1n) is 20.5. The molecule has 4 rings (SSSR count). The van der Waals surface area contributed by atoms with E-state index < -0.39 is 28.0 Å². The maximum atomic E-state index is 13.7. The number of rotatable bonds is 10. The number of esters is 1. The van der Waals surface area contributed by atoms with E-state index in [0.29, 0.717) is 18.8 Å². The summed E-state index contributed by atoms with van der Waals surface area (Å²) in [6.07, 6.45) is 21.6. The van der Waals surface area contributed by atoms with Crippen LogP contribution in [0.1, 0.15) is 152 Å². The molecule has 51 heavy (non-hydrogen) atoms. The quantitative estimate of drug-likeness (QED) is 0.0966. The fraction of sp³-hybridized carbons (Fsp3) is 0.795. The summed E-state index contributed by atoms with van der Waals surface area (Å²) in [5, 5.41) is -0.0262. The van der Waals surface area contributed by atoms with Crippen molar-refractivity contribution in [2.24, 2.45) is 11.3 Å². The summed E-state index contributed by atoms with van der Waals surface area (Å²) < 4.78 is 27.8. The predicted octanol–water partition coefficient (Wildman–Crippen LogP) is 12.9. The van der Waals surface area contributed by atoms with Gasteiger partial charge in [-0.15, -0.1) is 0 Å². The van der Waals surface area contributed by atoms with Gasteiger partial charge in [0, 0.05) is 12.8 Å². The van der Waals surface area contributed by atoms with Gasteiger partial charge in [0.15, 0.2) is 22.4 Å². The average molecular weight is 741 g/mol. The summed E-state index contributed by atoms with van der Waals surface area (Å²) in [5.41, 5.74) is 5.14. The minimum absolute atomic E-state index is 0.0240. The van der Waals surface area contributed by atoms with E-state index in [1.54, 1.807) is 11.1 Å². The van der Waals surface area contributed by atoms with Gasteiger partial charge in [0.05, 0.1) is 6.10 Å². The molecule has 0 N–H and O–H groups in total. The lowest BCUT2D eigenvalue weighted by Crippen LogP contribution is -2.56. The Kier molecular flexibility index (Phi) is 13.2. The molecule has 0 radical (unpaired) electrons. The van der Waals surface area contributed by atoms with Crippen molar-refractivity contribution in [3.8, 4) is 0 Å². The molecule has 4 aliphatic carbocycles. The molecule has 4 aliphatic rings. The Morgan fingerprint density at radius 1 is 0.902 bits per heavy atom. The van der Waals surface area contributed by atoms with Gasteiger partial charge in [-0.1, -0.05) is 111 Å². The number of carbonyl (C=O) groups excluding carboxylic acids is 1. The Labute approximate surface area is 315 Å². The SMILES string of the molecule is C=C1C(=CC=C2CCC[C@]3(C)C(CC)=CC[C@@H]23)C[C@](OCC(=O)OC2(C)CCCCCCC2)(O[Si](C)(C)C(C)(C)C)CC1O[Si](C)(C)C(C)(C)C. The van der Waals surface area contributed by atoms with E-state index in [4.69, 9.17) is 24.9 Å². The zero-order chi connectivity index (χ0) is 38.1. The van der Waals surface area contributed by atoms with Crippen LogP contribution < -0.4 is 0 Å². The zero-order valence-corrected chi connectivity index (χ0v) is 37.2. The third-order valence-electron chi connectivity index (χ3n) is 14.1. The molecule has 4 atom stereocenters. The van der Waals surface area contributed by atoms with Crippen LogP contribution in [0.5, 0.6) is 0 Å². The van der Waals surface area contributed by atoms with Gasteiger partial charge in [0.1, 0.15) is 12.2 Å². The summed E-state index contributed by atoms with van der Waals surface area (Å²) in [6, 6.07) is 0. The summed E-state index contributed by atoms with van der Waals surface area (Å²) in [5.74, 6) is -0.770. The van der Waals surface area contributed by atoms with Gasteiger partial charge in [-0.25, -0.2) is 4.79 Å². The standard InChI is InChI=1S/C44H76O5Si2/c1-15-36-25-26-37-34(22-21-29-43(36,37)10)23-24-35-30-44(49-51(13,14)41(6,7)8,31-38(33(35)2)48-50(11,12)40(3,4)5)46-32-39(45)47-42(9)27-19-17-16-18-20-28-42/h23-25,37-38H,2,15-22,26-32H2,1,3-14H3/t37-,38?,43+,44-/m0/s1. The molecular formula is C44H76O5Si2. The molecule has 0 saturated heterocycles. The van der Waals surface area contributed by atoms with E-state index in [1.807, 2.05) is 0 Å². The molecule has 0 spiro atoms. The molecule has 1 unspecified atom stereocenters. The lowest BCUT2D eigenvalue weighted by atomic mass is 9.64. The number of fused-ring (bicyclic) bond motifs is 1. The summed E-state index contributed by atoms with van der Waals surface area (Å²) >= 11 is 0. The first-order chi connectivity index (χ1) is 23.5. The predicted molar refractivity (Wildman–Crippen MR) is 219 cm³/mol. The average Bonchev–Trinajstić information content (AvgIpc) is 3.34. The van der Waals surface area contributed by atoms with Gasteiger partial charge in [-0.3, -0.25) is 0 Å². The highest BCUT2D eigenvalue weighted by atomic mass is 28.4. The summed E-state index contributed by atoms with van der Waals surface area (Å²) in [4.78, 5) is 13.7. The molecule has 0 aromatic heterocycles. The molecule has 3 saturated carbocycles. The van der Waals surface area contributed by atoms with Crippen molar-refractivity contribution in [1.29, 1.82) is 0 Å². The molecule has 0 amide bonds. The molecule has 3 fully saturated rings. The summed E-state index contributed by atoms with van der Waals surface area (Å²) in [7, 11) is -4.59. The number of ether oxygens (including phenoxy) is 2. The maximum absolute atomic E-state index is 13.7. The molecule has 0 aromatic rings. The minimum Gasteiger partial charge on any atom is -0.458 e. The van der Waals surface area contributed by atoms with Crippen LogP contribution in [0.2, 0.25) is 36.3 Å².